The van der Waals surface area contributed by atoms with E-state index in [-0.39, 0.29) is 29.4 Å². The molecule has 7 nitrogen and oxygen atoms in total. The molecule has 0 unspecified atom stereocenters. The number of halogens is 2. The van der Waals surface area contributed by atoms with Gasteiger partial charge in [-0.05, 0) is 74.2 Å². The minimum Gasteiger partial charge on any atom is -0.317 e. The lowest BCUT2D eigenvalue weighted by Crippen LogP contribution is -2.26. The molecule has 0 aliphatic carbocycles. The number of hydrogen-bond acceptors (Lipinski definition) is 5. The first kappa shape index (κ1) is 27.8. The molecule has 3 heterocycles. The molecule has 0 amide bonds. The predicted molar refractivity (Wildman–Crippen MR) is 152 cm³/mol. The van der Waals surface area contributed by atoms with E-state index in [4.69, 9.17) is 5.10 Å². The van der Waals surface area contributed by atoms with Crippen LogP contribution in [0.15, 0.2) is 73.2 Å². The molecule has 38 heavy (non-hydrogen) atoms. The zero-order valence-corrected chi connectivity index (χ0v) is 22.7. The van der Waals surface area contributed by atoms with Gasteiger partial charge in [-0.1, -0.05) is 31.2 Å². The summed E-state index contributed by atoms with van der Waals surface area (Å²) < 4.78 is 44.5. The van der Waals surface area contributed by atoms with E-state index in [9.17, 15) is 8.42 Å². The van der Waals surface area contributed by atoms with Crippen LogP contribution in [0.2, 0.25) is 0 Å². The maximum atomic E-state index is 15.7. The van der Waals surface area contributed by atoms with Crippen molar-refractivity contribution in [3.05, 3.63) is 84.6 Å². The van der Waals surface area contributed by atoms with Crippen molar-refractivity contribution in [1.82, 2.24) is 20.1 Å². The highest BCUT2D eigenvalue weighted by molar-refractivity contribution is 7.92. The van der Waals surface area contributed by atoms with E-state index < -0.39 is 15.8 Å². The number of aromatic nitrogens is 3. The molecule has 2 aromatic heterocycles. The van der Waals surface area contributed by atoms with Gasteiger partial charge in [0.2, 0.25) is 10.0 Å². The number of hydrogen-bond donors (Lipinski definition) is 2. The third-order valence-electron chi connectivity index (χ3n) is 6.66. The lowest BCUT2D eigenvalue weighted by atomic mass is 9.90. The van der Waals surface area contributed by atoms with Crippen LogP contribution in [0.1, 0.15) is 37.7 Å². The Bertz CT molecular complexity index is 1470. The van der Waals surface area contributed by atoms with Gasteiger partial charge in [0.05, 0.1) is 17.1 Å². The minimum atomic E-state index is -3.64. The molecule has 1 aliphatic heterocycles. The van der Waals surface area contributed by atoms with Crippen molar-refractivity contribution < 1.29 is 12.8 Å². The molecule has 1 fully saturated rings. The van der Waals surface area contributed by atoms with E-state index >= 15 is 4.39 Å². The van der Waals surface area contributed by atoms with E-state index in [1.54, 1.807) is 42.3 Å². The second-order valence-corrected chi connectivity index (χ2v) is 11.1. The Morgan fingerprint density at radius 3 is 2.42 bits per heavy atom. The van der Waals surface area contributed by atoms with Crippen LogP contribution >= 0.6 is 12.4 Å². The van der Waals surface area contributed by atoms with Crippen molar-refractivity contribution in [1.29, 1.82) is 0 Å². The number of benzene rings is 2. The number of piperidine rings is 1. The molecule has 5 rings (SSSR count). The fourth-order valence-electron chi connectivity index (χ4n) is 4.79. The van der Waals surface area contributed by atoms with Crippen LogP contribution in [-0.4, -0.2) is 42.0 Å². The summed E-state index contributed by atoms with van der Waals surface area (Å²) in [7, 11) is -3.64. The number of rotatable bonds is 8. The molecule has 0 bridgehead atoms. The summed E-state index contributed by atoms with van der Waals surface area (Å²) in [5.41, 5.74) is 4.28. The van der Waals surface area contributed by atoms with E-state index in [1.165, 1.54) is 11.6 Å². The molecule has 0 saturated carbocycles. The summed E-state index contributed by atoms with van der Waals surface area (Å²) in [5, 5.41) is 8.22. The van der Waals surface area contributed by atoms with E-state index in [0.29, 0.717) is 23.6 Å². The van der Waals surface area contributed by atoms with Crippen molar-refractivity contribution in [3.8, 4) is 28.1 Å². The Morgan fingerprint density at radius 1 is 1.03 bits per heavy atom. The van der Waals surface area contributed by atoms with Crippen LogP contribution in [0.5, 0.6) is 0 Å². The zero-order chi connectivity index (χ0) is 25.8. The van der Waals surface area contributed by atoms with Crippen molar-refractivity contribution in [2.24, 2.45) is 0 Å². The molecular weight excluding hydrogens is 525 g/mol. The molecule has 0 radical (unpaired) electrons. The molecular formula is C28H31ClFN5O2S. The number of nitrogens with one attached hydrogen (secondary N) is 2. The maximum absolute atomic E-state index is 15.7. The van der Waals surface area contributed by atoms with Crippen LogP contribution in [0.3, 0.4) is 0 Å². The summed E-state index contributed by atoms with van der Waals surface area (Å²) in [5.74, 6) is -0.174. The zero-order valence-electron chi connectivity index (χ0n) is 21.1. The minimum absolute atomic E-state index is 0. The molecule has 10 heteroatoms. The fraction of sp³-hybridized carbons (Fsp3) is 0.286. The molecule has 1 aliphatic rings. The Morgan fingerprint density at radius 2 is 1.74 bits per heavy atom. The molecule has 0 atom stereocenters. The lowest BCUT2D eigenvalue weighted by Gasteiger charge is -2.23. The van der Waals surface area contributed by atoms with E-state index in [1.807, 2.05) is 24.3 Å². The Labute approximate surface area is 229 Å². The van der Waals surface area contributed by atoms with Gasteiger partial charge in [-0.15, -0.1) is 12.4 Å². The summed E-state index contributed by atoms with van der Waals surface area (Å²) >= 11 is 0. The van der Waals surface area contributed by atoms with Crippen LogP contribution in [0, 0.1) is 5.82 Å². The Hall–Kier alpha value is -3.27. The first-order chi connectivity index (χ1) is 17.9. The molecule has 1 saturated heterocycles. The highest BCUT2D eigenvalue weighted by Gasteiger charge is 2.21. The summed E-state index contributed by atoms with van der Waals surface area (Å²) in [4.78, 5) is 4.09. The van der Waals surface area contributed by atoms with Crippen molar-refractivity contribution in [3.63, 3.8) is 0 Å². The highest BCUT2D eigenvalue weighted by atomic mass is 35.5. The first-order valence-electron chi connectivity index (χ1n) is 12.6. The summed E-state index contributed by atoms with van der Waals surface area (Å²) in [6.07, 6.45) is 7.80. The number of anilines is 1. The highest BCUT2D eigenvalue weighted by Crippen LogP contribution is 2.36. The number of pyridine rings is 1. The van der Waals surface area contributed by atoms with E-state index in [2.05, 4.69) is 27.2 Å². The smallest absolute Gasteiger partial charge is 0.232 e. The maximum Gasteiger partial charge on any atom is 0.232 e. The number of sulfonamides is 1. The average Bonchev–Trinajstić information content (AvgIpc) is 3.36. The molecule has 2 aromatic carbocycles. The largest absolute Gasteiger partial charge is 0.317 e. The van der Waals surface area contributed by atoms with Gasteiger partial charge in [0, 0.05) is 35.3 Å². The third kappa shape index (κ3) is 6.06. The standard InChI is InChI=1S/C28H30FN5O2S.ClH/c1-2-18-37(35,36)33-26-5-3-4-24(27(26)29)25-19-34(32-28(25)22-12-16-31-17-13-22)23-8-6-20(7-9-23)21-10-14-30-15-11-21;/h3-9,12-13,16-17,19,21,30,33H,2,10-11,14-15,18H2,1H3;1H. The second-order valence-electron chi connectivity index (χ2n) is 9.28. The fourth-order valence-corrected chi connectivity index (χ4v) is 5.92. The van der Waals surface area contributed by atoms with Gasteiger partial charge in [-0.2, -0.15) is 5.10 Å². The number of nitrogens with zero attached hydrogens (tertiary/aromatic N) is 3. The SMILES string of the molecule is CCCS(=O)(=O)Nc1cccc(-c2cn(-c3ccc(C4CCNCC4)cc3)nc2-c2ccncc2)c1F.Cl. The van der Waals surface area contributed by atoms with Gasteiger partial charge in [0.25, 0.3) is 0 Å². The quantitative estimate of drug-likeness (QED) is 0.288. The Kier molecular flexibility index (Phi) is 8.81. The van der Waals surface area contributed by atoms with Gasteiger partial charge < -0.3 is 5.32 Å². The van der Waals surface area contributed by atoms with Gasteiger partial charge in [0.1, 0.15) is 5.69 Å². The van der Waals surface area contributed by atoms with Crippen LogP contribution in [0.25, 0.3) is 28.1 Å². The van der Waals surface area contributed by atoms with Gasteiger partial charge in [0.15, 0.2) is 5.82 Å². The van der Waals surface area contributed by atoms with Crippen molar-refractivity contribution in [2.45, 2.75) is 32.1 Å². The molecule has 2 N–H and O–H groups in total. The van der Waals surface area contributed by atoms with Crippen LogP contribution in [0.4, 0.5) is 10.1 Å². The van der Waals surface area contributed by atoms with Gasteiger partial charge >= 0.3 is 0 Å². The molecule has 200 valence electrons. The lowest BCUT2D eigenvalue weighted by molar-refractivity contribution is 0.460. The predicted octanol–water partition coefficient (Wildman–Crippen LogP) is 5.78. The summed E-state index contributed by atoms with van der Waals surface area (Å²) in [6, 6.07) is 16.7. The normalized spacial score (nSPS) is 14.2. The average molecular weight is 556 g/mol. The third-order valence-corrected chi connectivity index (χ3v) is 8.14. The van der Waals surface area contributed by atoms with Crippen molar-refractivity contribution in [2.75, 3.05) is 23.6 Å². The monoisotopic (exact) mass is 555 g/mol. The van der Waals surface area contributed by atoms with Gasteiger partial charge in [-0.25, -0.2) is 17.5 Å². The van der Waals surface area contributed by atoms with Crippen molar-refractivity contribution >= 4 is 28.1 Å². The van der Waals surface area contributed by atoms with Gasteiger partial charge in [-0.3, -0.25) is 9.71 Å². The topological polar surface area (TPSA) is 88.9 Å². The van der Waals surface area contributed by atoms with E-state index in [0.717, 1.165) is 37.2 Å². The first-order valence-corrected chi connectivity index (χ1v) is 14.2. The van der Waals surface area contributed by atoms with Crippen LogP contribution in [-0.2, 0) is 10.0 Å². The van der Waals surface area contributed by atoms with Crippen LogP contribution < -0.4 is 10.0 Å². The second kappa shape index (κ2) is 12.1. The Balaban J connectivity index is 0.00000336. The summed E-state index contributed by atoms with van der Waals surface area (Å²) in [6.45, 7) is 3.83. The molecule has 4 aromatic rings. The molecule has 0 spiro atoms.